The summed E-state index contributed by atoms with van der Waals surface area (Å²) in [5, 5.41) is 0. The summed E-state index contributed by atoms with van der Waals surface area (Å²) in [7, 11) is 0. The average Bonchev–Trinajstić information content (AvgIpc) is 2.54. The summed E-state index contributed by atoms with van der Waals surface area (Å²) >= 11 is 0. The lowest BCUT2D eigenvalue weighted by Gasteiger charge is -2.40. The van der Waals surface area contributed by atoms with E-state index in [0.717, 1.165) is 43.6 Å². The minimum absolute atomic E-state index is 0.0690. The molecule has 0 radical (unpaired) electrons. The lowest BCUT2D eigenvalue weighted by atomic mass is 9.82. The quantitative estimate of drug-likeness (QED) is 0.599. The van der Waals surface area contributed by atoms with Crippen molar-refractivity contribution >= 4 is 0 Å². The van der Waals surface area contributed by atoms with Crippen molar-refractivity contribution in [2.45, 2.75) is 58.1 Å². The number of para-hydroxylation sites is 1. The predicted octanol–water partition coefficient (Wildman–Crippen LogP) is 3.11. The van der Waals surface area contributed by atoms with Gasteiger partial charge < -0.3 is 9.47 Å². The molecule has 2 rings (SSSR count). The van der Waals surface area contributed by atoms with Gasteiger partial charge in [0.05, 0.1) is 18.2 Å². The maximum Gasteiger partial charge on any atom is 0.127 e. The van der Waals surface area contributed by atoms with Gasteiger partial charge >= 0.3 is 0 Å². The van der Waals surface area contributed by atoms with E-state index in [1.807, 2.05) is 6.92 Å². The first-order valence-corrected chi connectivity index (χ1v) is 8.07. The lowest BCUT2D eigenvalue weighted by Crippen LogP contribution is -2.48. The van der Waals surface area contributed by atoms with E-state index in [0.29, 0.717) is 6.61 Å². The van der Waals surface area contributed by atoms with Gasteiger partial charge in [-0.3, -0.25) is 5.84 Å². The van der Waals surface area contributed by atoms with Crippen LogP contribution in [0.4, 0.5) is 0 Å². The van der Waals surface area contributed by atoms with Gasteiger partial charge in [-0.05, 0) is 38.2 Å². The molecule has 0 fully saturated rings. The van der Waals surface area contributed by atoms with Crippen LogP contribution in [0.5, 0.6) is 5.75 Å². The van der Waals surface area contributed by atoms with E-state index in [-0.39, 0.29) is 11.6 Å². The number of nitrogens with two attached hydrogens (primary N) is 1. The van der Waals surface area contributed by atoms with Crippen LogP contribution in [0.3, 0.4) is 0 Å². The molecule has 118 valence electrons. The van der Waals surface area contributed by atoms with Crippen molar-refractivity contribution in [3.05, 3.63) is 29.3 Å². The van der Waals surface area contributed by atoms with Crippen molar-refractivity contribution in [2.24, 2.45) is 5.84 Å². The Morgan fingerprint density at radius 1 is 1.33 bits per heavy atom. The Morgan fingerprint density at radius 3 is 2.71 bits per heavy atom. The number of rotatable bonds is 7. The maximum absolute atomic E-state index is 6.13. The summed E-state index contributed by atoms with van der Waals surface area (Å²) < 4.78 is 12.1. The molecular formula is C17H28N2O2. The molecule has 0 aliphatic carbocycles. The van der Waals surface area contributed by atoms with Crippen molar-refractivity contribution < 1.29 is 9.47 Å². The van der Waals surface area contributed by atoms with Crippen LogP contribution in [0.1, 0.15) is 57.2 Å². The number of hydrazine groups is 1. The highest BCUT2D eigenvalue weighted by atomic mass is 16.5. The van der Waals surface area contributed by atoms with E-state index in [9.17, 15) is 0 Å². The zero-order valence-electron chi connectivity index (χ0n) is 13.4. The third-order valence-corrected chi connectivity index (χ3v) is 4.60. The molecule has 0 saturated heterocycles. The van der Waals surface area contributed by atoms with Gasteiger partial charge in [0, 0.05) is 12.2 Å². The first-order chi connectivity index (χ1) is 10.2. The van der Waals surface area contributed by atoms with E-state index in [2.05, 4.69) is 37.5 Å². The number of nitrogens with one attached hydrogen (secondary N) is 1. The number of aryl methyl sites for hydroxylation is 1. The van der Waals surface area contributed by atoms with Crippen LogP contribution in [-0.2, 0) is 11.2 Å². The van der Waals surface area contributed by atoms with E-state index < -0.39 is 0 Å². The van der Waals surface area contributed by atoms with E-state index in [4.69, 9.17) is 15.3 Å². The van der Waals surface area contributed by atoms with Crippen molar-refractivity contribution in [3.63, 3.8) is 0 Å². The van der Waals surface area contributed by atoms with Crippen molar-refractivity contribution in [2.75, 3.05) is 13.2 Å². The van der Waals surface area contributed by atoms with Gasteiger partial charge in [-0.15, -0.1) is 0 Å². The molecule has 1 heterocycles. The minimum Gasteiger partial charge on any atom is -0.493 e. The van der Waals surface area contributed by atoms with Crippen molar-refractivity contribution in [1.29, 1.82) is 0 Å². The fraction of sp³-hybridized carbons (Fsp3) is 0.647. The molecule has 1 aromatic carbocycles. The van der Waals surface area contributed by atoms with E-state index in [1.54, 1.807) is 0 Å². The van der Waals surface area contributed by atoms with Gasteiger partial charge in [0.25, 0.3) is 0 Å². The molecule has 0 bridgehead atoms. The van der Waals surface area contributed by atoms with Crippen molar-refractivity contribution in [3.8, 4) is 5.75 Å². The highest BCUT2D eigenvalue weighted by molar-refractivity contribution is 5.45. The summed E-state index contributed by atoms with van der Waals surface area (Å²) in [5.41, 5.74) is 5.08. The van der Waals surface area contributed by atoms with Crippen molar-refractivity contribution in [1.82, 2.24) is 5.43 Å². The van der Waals surface area contributed by atoms with Crippen LogP contribution >= 0.6 is 0 Å². The number of fused-ring (bicyclic) bond motifs is 1. The Bertz CT molecular complexity index is 458. The summed E-state index contributed by atoms with van der Waals surface area (Å²) in [6.45, 7) is 7.79. The largest absolute Gasteiger partial charge is 0.493 e. The molecule has 4 nitrogen and oxygen atoms in total. The van der Waals surface area contributed by atoms with Crippen LogP contribution in [0.25, 0.3) is 0 Å². The molecular weight excluding hydrogens is 264 g/mol. The minimum atomic E-state index is -0.306. The molecule has 1 aliphatic heterocycles. The van der Waals surface area contributed by atoms with Gasteiger partial charge in [-0.2, -0.15) is 0 Å². The molecule has 0 amide bonds. The first kappa shape index (κ1) is 16.3. The number of benzene rings is 1. The molecule has 1 aromatic rings. The zero-order chi connectivity index (χ0) is 15.3. The second-order valence-corrected chi connectivity index (χ2v) is 5.59. The molecule has 1 unspecified atom stereocenters. The summed E-state index contributed by atoms with van der Waals surface area (Å²) in [6.07, 6.45) is 3.95. The van der Waals surface area contributed by atoms with Crippen LogP contribution in [0.2, 0.25) is 0 Å². The summed E-state index contributed by atoms with van der Waals surface area (Å²) in [4.78, 5) is 0. The van der Waals surface area contributed by atoms with Crippen LogP contribution < -0.4 is 16.0 Å². The standard InChI is InChI=1S/C17H28N2O2/c1-4-17(5-2,21-6-3)16(19-18)14-11-7-9-13-10-8-12-20-15(13)14/h7,9,11,16,19H,4-6,8,10,12,18H2,1-3H3. The van der Waals surface area contributed by atoms with E-state index in [1.165, 1.54) is 5.56 Å². The third-order valence-electron chi connectivity index (χ3n) is 4.60. The second kappa shape index (κ2) is 7.25. The smallest absolute Gasteiger partial charge is 0.127 e. The fourth-order valence-corrected chi connectivity index (χ4v) is 3.40. The SMILES string of the molecule is CCOC(CC)(CC)C(NN)c1cccc2c1OCCC2. The molecule has 0 aromatic heterocycles. The predicted molar refractivity (Wildman–Crippen MR) is 85.3 cm³/mol. The third kappa shape index (κ3) is 3.07. The number of hydrogen-bond acceptors (Lipinski definition) is 4. The summed E-state index contributed by atoms with van der Waals surface area (Å²) in [5.74, 6) is 6.92. The van der Waals surface area contributed by atoms with Gasteiger partial charge in [-0.1, -0.05) is 32.0 Å². The Morgan fingerprint density at radius 2 is 2.10 bits per heavy atom. The molecule has 3 N–H and O–H groups in total. The highest BCUT2D eigenvalue weighted by Crippen LogP contribution is 2.41. The topological polar surface area (TPSA) is 56.5 Å². The first-order valence-electron chi connectivity index (χ1n) is 8.07. The van der Waals surface area contributed by atoms with Crippen LogP contribution in [0, 0.1) is 0 Å². The molecule has 1 atom stereocenters. The number of hydrogen-bond donors (Lipinski definition) is 2. The summed E-state index contributed by atoms with van der Waals surface area (Å²) in [6, 6.07) is 6.27. The fourth-order valence-electron chi connectivity index (χ4n) is 3.40. The maximum atomic E-state index is 6.13. The second-order valence-electron chi connectivity index (χ2n) is 5.59. The average molecular weight is 292 g/mol. The van der Waals surface area contributed by atoms with Crippen LogP contribution in [-0.4, -0.2) is 18.8 Å². The Hall–Kier alpha value is -1.10. The Kier molecular flexibility index (Phi) is 5.62. The molecule has 21 heavy (non-hydrogen) atoms. The Balaban J connectivity index is 2.45. The van der Waals surface area contributed by atoms with E-state index >= 15 is 0 Å². The zero-order valence-corrected chi connectivity index (χ0v) is 13.4. The normalized spacial score (nSPS) is 16.2. The highest BCUT2D eigenvalue weighted by Gasteiger charge is 2.39. The van der Waals surface area contributed by atoms with Gasteiger partial charge in [0.2, 0.25) is 0 Å². The molecule has 4 heteroatoms. The van der Waals surface area contributed by atoms with Gasteiger partial charge in [0.1, 0.15) is 5.75 Å². The van der Waals surface area contributed by atoms with Gasteiger partial charge in [0.15, 0.2) is 0 Å². The molecule has 1 aliphatic rings. The monoisotopic (exact) mass is 292 g/mol. The van der Waals surface area contributed by atoms with Gasteiger partial charge in [-0.25, -0.2) is 5.43 Å². The van der Waals surface area contributed by atoms with Crippen LogP contribution in [0.15, 0.2) is 18.2 Å². The molecule has 0 spiro atoms. The lowest BCUT2D eigenvalue weighted by molar-refractivity contribution is -0.0739. The number of ether oxygens (including phenoxy) is 2. The Labute approximate surface area is 128 Å². The molecule has 0 saturated carbocycles.